The SMILES string of the molecule is Cn1c(=O)oc2cc(CNC(C)(C)C(=O)O)ccc21. The van der Waals surface area contributed by atoms with Gasteiger partial charge in [-0.25, -0.2) is 4.79 Å². The Morgan fingerprint density at radius 3 is 2.79 bits per heavy atom. The maximum Gasteiger partial charge on any atom is 0.419 e. The average Bonchev–Trinajstić information content (AvgIpc) is 2.62. The molecule has 1 heterocycles. The van der Waals surface area contributed by atoms with Crippen LogP contribution in [0.1, 0.15) is 19.4 Å². The van der Waals surface area contributed by atoms with Crippen LogP contribution in [0.25, 0.3) is 11.1 Å². The third-order valence-electron chi connectivity index (χ3n) is 3.13. The third kappa shape index (κ3) is 2.53. The fourth-order valence-electron chi connectivity index (χ4n) is 1.69. The van der Waals surface area contributed by atoms with Crippen molar-refractivity contribution >= 4 is 17.1 Å². The molecule has 6 nitrogen and oxygen atoms in total. The Hall–Kier alpha value is -2.08. The molecule has 2 rings (SSSR count). The van der Waals surface area contributed by atoms with E-state index < -0.39 is 17.3 Å². The molecule has 0 saturated carbocycles. The molecule has 0 aliphatic rings. The van der Waals surface area contributed by atoms with Gasteiger partial charge in [0.2, 0.25) is 0 Å². The van der Waals surface area contributed by atoms with Gasteiger partial charge in [-0.2, -0.15) is 0 Å². The van der Waals surface area contributed by atoms with Crippen molar-refractivity contribution in [1.29, 1.82) is 0 Å². The highest BCUT2D eigenvalue weighted by atomic mass is 16.4. The molecule has 0 saturated heterocycles. The molecule has 1 aromatic carbocycles. The van der Waals surface area contributed by atoms with Crippen LogP contribution in [0.5, 0.6) is 0 Å². The molecule has 0 spiro atoms. The number of nitrogens with one attached hydrogen (secondary N) is 1. The monoisotopic (exact) mass is 264 g/mol. The number of benzene rings is 1. The summed E-state index contributed by atoms with van der Waals surface area (Å²) in [5, 5.41) is 11.9. The number of fused-ring (bicyclic) bond motifs is 1. The lowest BCUT2D eigenvalue weighted by Gasteiger charge is -2.20. The standard InChI is InChI=1S/C13H16N2O4/c1-13(2,11(16)17)14-7-8-4-5-9-10(6-8)19-12(18)15(9)3/h4-6,14H,7H2,1-3H3,(H,16,17). The van der Waals surface area contributed by atoms with Crippen molar-refractivity contribution in [3.05, 3.63) is 34.3 Å². The van der Waals surface area contributed by atoms with E-state index in [1.165, 1.54) is 4.57 Å². The number of rotatable bonds is 4. The molecule has 2 aromatic rings. The minimum Gasteiger partial charge on any atom is -0.480 e. The largest absolute Gasteiger partial charge is 0.480 e. The van der Waals surface area contributed by atoms with Crippen molar-refractivity contribution in [3.63, 3.8) is 0 Å². The number of carbonyl (C=O) groups is 1. The molecule has 2 N–H and O–H groups in total. The first-order valence-corrected chi connectivity index (χ1v) is 5.88. The van der Waals surface area contributed by atoms with E-state index >= 15 is 0 Å². The summed E-state index contributed by atoms with van der Waals surface area (Å²) in [5.41, 5.74) is 1.06. The topological polar surface area (TPSA) is 84.5 Å². The number of carboxylic acids is 1. The Balaban J connectivity index is 2.23. The number of carboxylic acid groups (broad SMARTS) is 1. The third-order valence-corrected chi connectivity index (χ3v) is 3.13. The van der Waals surface area contributed by atoms with Gasteiger partial charge in [-0.15, -0.1) is 0 Å². The summed E-state index contributed by atoms with van der Waals surface area (Å²) in [6, 6.07) is 5.36. The predicted octanol–water partition coefficient (Wildman–Crippen LogP) is 1.08. The molecule has 102 valence electrons. The molecule has 6 heteroatoms. The Morgan fingerprint density at radius 1 is 1.47 bits per heavy atom. The fraction of sp³-hybridized carbons (Fsp3) is 0.385. The van der Waals surface area contributed by atoms with E-state index in [9.17, 15) is 9.59 Å². The minimum absolute atomic E-state index is 0.383. The van der Waals surface area contributed by atoms with Gasteiger partial charge in [-0.05, 0) is 31.5 Å². The van der Waals surface area contributed by atoms with Crippen LogP contribution >= 0.6 is 0 Å². The first-order chi connectivity index (χ1) is 8.81. The number of hydrogen-bond donors (Lipinski definition) is 2. The average molecular weight is 264 g/mol. The zero-order valence-corrected chi connectivity index (χ0v) is 11.1. The molecule has 0 amide bonds. The second-order valence-corrected chi connectivity index (χ2v) is 5.01. The van der Waals surface area contributed by atoms with E-state index in [4.69, 9.17) is 9.52 Å². The number of oxazole rings is 1. The second-order valence-electron chi connectivity index (χ2n) is 5.01. The molecule has 0 unspecified atom stereocenters. The van der Waals surface area contributed by atoms with Gasteiger partial charge >= 0.3 is 11.7 Å². The molecular formula is C13H16N2O4. The quantitative estimate of drug-likeness (QED) is 0.863. The summed E-state index contributed by atoms with van der Waals surface area (Å²) < 4.78 is 6.51. The minimum atomic E-state index is -1.01. The molecule has 0 atom stereocenters. The summed E-state index contributed by atoms with van der Waals surface area (Å²) >= 11 is 0. The van der Waals surface area contributed by atoms with E-state index in [1.54, 1.807) is 33.0 Å². The van der Waals surface area contributed by atoms with Crippen LogP contribution < -0.4 is 11.1 Å². The number of aliphatic carboxylic acids is 1. The molecule has 0 radical (unpaired) electrons. The lowest BCUT2D eigenvalue weighted by Crippen LogP contribution is -2.46. The summed E-state index contributed by atoms with van der Waals surface area (Å²) in [4.78, 5) is 22.3. The molecule has 0 bridgehead atoms. The Morgan fingerprint density at radius 2 is 2.16 bits per heavy atom. The first kappa shape index (κ1) is 13.4. The summed E-state index contributed by atoms with van der Waals surface area (Å²) in [5.74, 6) is -1.33. The van der Waals surface area contributed by atoms with Gasteiger partial charge in [-0.3, -0.25) is 14.7 Å². The van der Waals surface area contributed by atoms with Gasteiger partial charge in [0, 0.05) is 13.6 Å². The lowest BCUT2D eigenvalue weighted by molar-refractivity contribution is -0.143. The normalized spacial score (nSPS) is 11.9. The van der Waals surface area contributed by atoms with E-state index in [0.29, 0.717) is 17.6 Å². The first-order valence-electron chi connectivity index (χ1n) is 5.88. The Labute approximate surface area is 109 Å². The number of aryl methyl sites for hydroxylation is 1. The van der Waals surface area contributed by atoms with E-state index in [1.807, 2.05) is 6.07 Å². The van der Waals surface area contributed by atoms with Crippen molar-refractivity contribution in [1.82, 2.24) is 9.88 Å². The zero-order chi connectivity index (χ0) is 14.2. The Kier molecular flexibility index (Phi) is 3.20. The van der Waals surface area contributed by atoms with Crippen LogP contribution in [0.3, 0.4) is 0 Å². The fourth-order valence-corrected chi connectivity index (χ4v) is 1.69. The van der Waals surface area contributed by atoms with Gasteiger partial charge in [0.05, 0.1) is 5.52 Å². The van der Waals surface area contributed by atoms with Crippen molar-refractivity contribution < 1.29 is 14.3 Å². The highest BCUT2D eigenvalue weighted by Gasteiger charge is 2.25. The molecule has 0 aliphatic carbocycles. The zero-order valence-electron chi connectivity index (χ0n) is 11.1. The van der Waals surface area contributed by atoms with E-state index in [-0.39, 0.29) is 0 Å². The number of aromatic nitrogens is 1. The van der Waals surface area contributed by atoms with Crippen LogP contribution in [-0.2, 0) is 18.4 Å². The van der Waals surface area contributed by atoms with Crippen LogP contribution in [0.15, 0.2) is 27.4 Å². The van der Waals surface area contributed by atoms with Crippen molar-refractivity contribution in [2.24, 2.45) is 7.05 Å². The van der Waals surface area contributed by atoms with Crippen LogP contribution in [0.4, 0.5) is 0 Å². The molecular weight excluding hydrogens is 248 g/mol. The van der Waals surface area contributed by atoms with Crippen LogP contribution in [-0.4, -0.2) is 21.2 Å². The van der Waals surface area contributed by atoms with Crippen LogP contribution in [0, 0.1) is 0 Å². The van der Waals surface area contributed by atoms with Gasteiger partial charge in [0.1, 0.15) is 5.54 Å². The highest BCUT2D eigenvalue weighted by molar-refractivity contribution is 5.77. The molecule has 0 fully saturated rings. The van der Waals surface area contributed by atoms with Crippen molar-refractivity contribution in [3.8, 4) is 0 Å². The molecule has 19 heavy (non-hydrogen) atoms. The summed E-state index contributed by atoms with van der Waals surface area (Å²) in [6.45, 7) is 3.57. The predicted molar refractivity (Wildman–Crippen MR) is 70.0 cm³/mol. The maximum atomic E-state index is 11.4. The van der Waals surface area contributed by atoms with Gasteiger partial charge in [0.15, 0.2) is 5.58 Å². The Bertz CT molecular complexity index is 681. The highest BCUT2D eigenvalue weighted by Crippen LogP contribution is 2.15. The van der Waals surface area contributed by atoms with E-state index in [0.717, 1.165) is 5.56 Å². The smallest absolute Gasteiger partial charge is 0.419 e. The van der Waals surface area contributed by atoms with Crippen molar-refractivity contribution in [2.45, 2.75) is 25.9 Å². The number of hydrogen-bond acceptors (Lipinski definition) is 4. The second kappa shape index (κ2) is 4.55. The number of nitrogens with zero attached hydrogens (tertiary/aromatic N) is 1. The van der Waals surface area contributed by atoms with E-state index in [2.05, 4.69) is 5.32 Å². The molecule has 1 aromatic heterocycles. The van der Waals surface area contributed by atoms with Crippen LogP contribution in [0.2, 0.25) is 0 Å². The summed E-state index contributed by atoms with van der Waals surface area (Å²) in [7, 11) is 1.64. The van der Waals surface area contributed by atoms with Gasteiger partial charge in [0.25, 0.3) is 0 Å². The lowest BCUT2D eigenvalue weighted by atomic mass is 10.1. The van der Waals surface area contributed by atoms with Gasteiger partial charge in [-0.1, -0.05) is 6.07 Å². The van der Waals surface area contributed by atoms with Crippen molar-refractivity contribution in [2.75, 3.05) is 0 Å². The van der Waals surface area contributed by atoms with Gasteiger partial charge < -0.3 is 9.52 Å². The summed E-state index contributed by atoms with van der Waals surface area (Å²) in [6.07, 6.45) is 0. The molecule has 0 aliphatic heterocycles. The maximum absolute atomic E-state index is 11.4.